The Labute approximate surface area is 122 Å². The first kappa shape index (κ1) is 16.7. The first-order chi connectivity index (χ1) is 9.71. The zero-order chi connectivity index (χ0) is 16.0. The minimum atomic E-state index is -1.05. The molecule has 0 fully saturated rings. The van der Waals surface area contributed by atoms with Gasteiger partial charge in [-0.05, 0) is 32.4 Å². The van der Waals surface area contributed by atoms with E-state index in [1.54, 1.807) is 20.8 Å². The third-order valence-electron chi connectivity index (χ3n) is 2.40. The predicted molar refractivity (Wildman–Crippen MR) is 74.8 cm³/mol. The predicted octanol–water partition coefficient (Wildman–Crippen LogP) is 2.56. The zero-order valence-corrected chi connectivity index (χ0v) is 12.2. The van der Waals surface area contributed by atoms with Gasteiger partial charge >= 0.3 is 12.1 Å². The number of halogens is 1. The molecule has 0 unspecified atom stereocenters. The molecule has 0 radical (unpaired) electrons. The van der Waals surface area contributed by atoms with E-state index < -0.39 is 17.7 Å². The lowest BCUT2D eigenvalue weighted by Crippen LogP contribution is -2.33. The number of aromatic nitrogens is 1. The van der Waals surface area contributed by atoms with Gasteiger partial charge in [-0.15, -0.1) is 0 Å². The fourth-order valence-electron chi connectivity index (χ4n) is 1.53. The van der Waals surface area contributed by atoms with Crippen LogP contribution in [0.1, 0.15) is 31.1 Å². The van der Waals surface area contributed by atoms with E-state index in [4.69, 9.17) is 9.84 Å². The molecule has 0 aliphatic rings. The molecule has 21 heavy (non-hydrogen) atoms. The van der Waals surface area contributed by atoms with Crippen molar-refractivity contribution in [3.8, 4) is 0 Å². The molecule has 2 N–H and O–H groups in total. The summed E-state index contributed by atoms with van der Waals surface area (Å²) in [5.41, 5.74) is -0.220. The molecular formula is C14H19FN2O4. The van der Waals surface area contributed by atoms with Crippen LogP contribution in [0.3, 0.4) is 0 Å². The van der Waals surface area contributed by atoms with Gasteiger partial charge in [-0.1, -0.05) is 0 Å². The molecule has 0 saturated carbocycles. The van der Waals surface area contributed by atoms with Gasteiger partial charge in [-0.3, -0.25) is 0 Å². The van der Waals surface area contributed by atoms with E-state index in [1.807, 2.05) is 0 Å². The topological polar surface area (TPSA) is 80.6 Å². The monoisotopic (exact) mass is 298 g/mol. The van der Waals surface area contributed by atoms with E-state index in [1.165, 1.54) is 23.0 Å². The molecule has 0 aliphatic carbocycles. The number of nitrogens with one attached hydrogen (secondary N) is 1. The van der Waals surface area contributed by atoms with Gasteiger partial charge in [0.1, 0.15) is 5.60 Å². The van der Waals surface area contributed by atoms with Crippen molar-refractivity contribution in [3.05, 3.63) is 35.9 Å². The number of carboxylic acid groups (broad SMARTS) is 1. The van der Waals surface area contributed by atoms with E-state index in [9.17, 15) is 14.0 Å². The van der Waals surface area contributed by atoms with Gasteiger partial charge in [0.05, 0.1) is 11.9 Å². The molecule has 1 amide bonds. The SMILES string of the molecule is CC(C)(C)OC(=O)NCC(=CF)Cn1ccc(C(=O)O)c1. The van der Waals surface area contributed by atoms with Crippen molar-refractivity contribution in [2.45, 2.75) is 32.9 Å². The van der Waals surface area contributed by atoms with Gasteiger partial charge in [-0.2, -0.15) is 0 Å². The van der Waals surface area contributed by atoms with Gasteiger partial charge in [0, 0.05) is 25.5 Å². The van der Waals surface area contributed by atoms with Gasteiger partial charge in [0.15, 0.2) is 0 Å². The molecule has 116 valence electrons. The van der Waals surface area contributed by atoms with Crippen molar-refractivity contribution in [1.29, 1.82) is 0 Å². The molecule has 0 aromatic carbocycles. The van der Waals surface area contributed by atoms with Crippen molar-refractivity contribution < 1.29 is 23.8 Å². The third-order valence-corrected chi connectivity index (χ3v) is 2.40. The molecule has 0 saturated heterocycles. The van der Waals surface area contributed by atoms with Gasteiger partial charge in [0.25, 0.3) is 0 Å². The molecule has 0 spiro atoms. The number of hydrogen-bond acceptors (Lipinski definition) is 3. The highest BCUT2D eigenvalue weighted by Crippen LogP contribution is 2.08. The number of carboxylic acids is 1. The maximum absolute atomic E-state index is 12.8. The summed E-state index contributed by atoms with van der Waals surface area (Å²) >= 11 is 0. The zero-order valence-electron chi connectivity index (χ0n) is 12.2. The average molecular weight is 298 g/mol. The Hall–Kier alpha value is -2.31. The number of rotatable bonds is 5. The highest BCUT2D eigenvalue weighted by Gasteiger charge is 2.16. The number of aromatic carboxylic acids is 1. The van der Waals surface area contributed by atoms with Crippen LogP contribution in [0.5, 0.6) is 0 Å². The molecule has 1 heterocycles. The molecule has 0 aliphatic heterocycles. The Balaban J connectivity index is 2.52. The van der Waals surface area contributed by atoms with Crippen molar-refractivity contribution in [2.24, 2.45) is 0 Å². The van der Waals surface area contributed by atoms with Crippen LogP contribution in [0.4, 0.5) is 9.18 Å². The molecule has 0 atom stereocenters. The summed E-state index contributed by atoms with van der Waals surface area (Å²) in [5, 5.41) is 11.2. The summed E-state index contributed by atoms with van der Waals surface area (Å²) in [6.45, 7) is 5.30. The van der Waals surface area contributed by atoms with Crippen LogP contribution in [-0.4, -0.2) is 33.9 Å². The van der Waals surface area contributed by atoms with Crippen molar-refractivity contribution in [2.75, 3.05) is 6.54 Å². The van der Waals surface area contributed by atoms with Gasteiger partial charge in [0.2, 0.25) is 0 Å². The van der Waals surface area contributed by atoms with Crippen LogP contribution < -0.4 is 5.32 Å². The van der Waals surface area contributed by atoms with E-state index in [0.717, 1.165) is 0 Å². The molecule has 1 aromatic rings. The number of alkyl carbamates (subject to hydrolysis) is 1. The Bertz CT molecular complexity index is 543. The highest BCUT2D eigenvalue weighted by molar-refractivity contribution is 5.87. The maximum atomic E-state index is 12.8. The first-order valence-electron chi connectivity index (χ1n) is 6.35. The molecule has 7 heteroatoms. The summed E-state index contributed by atoms with van der Waals surface area (Å²) < 4.78 is 19.4. The Morgan fingerprint density at radius 2 is 2.14 bits per heavy atom. The summed E-state index contributed by atoms with van der Waals surface area (Å²) in [7, 11) is 0. The van der Waals surface area contributed by atoms with Crippen molar-refractivity contribution >= 4 is 12.1 Å². The lowest BCUT2D eigenvalue weighted by atomic mass is 10.2. The third kappa shape index (κ3) is 6.11. The molecule has 1 rings (SSSR count). The largest absolute Gasteiger partial charge is 0.478 e. The van der Waals surface area contributed by atoms with Gasteiger partial charge in [-0.25, -0.2) is 14.0 Å². The second-order valence-electron chi connectivity index (χ2n) is 5.50. The first-order valence-corrected chi connectivity index (χ1v) is 6.35. The lowest BCUT2D eigenvalue weighted by Gasteiger charge is -2.20. The van der Waals surface area contributed by atoms with Gasteiger partial charge < -0.3 is 19.7 Å². The maximum Gasteiger partial charge on any atom is 0.407 e. The fourth-order valence-corrected chi connectivity index (χ4v) is 1.53. The fraction of sp³-hybridized carbons (Fsp3) is 0.429. The highest BCUT2D eigenvalue weighted by atomic mass is 19.1. The second kappa shape index (κ2) is 6.92. The second-order valence-corrected chi connectivity index (χ2v) is 5.50. The molecule has 0 bridgehead atoms. The Morgan fingerprint density at radius 3 is 2.62 bits per heavy atom. The number of carbonyl (C=O) groups is 2. The quantitative estimate of drug-likeness (QED) is 0.875. The van der Waals surface area contributed by atoms with Crippen LogP contribution in [0, 0.1) is 0 Å². The molecule has 1 aromatic heterocycles. The molecular weight excluding hydrogens is 279 g/mol. The number of ether oxygens (including phenoxy) is 1. The minimum absolute atomic E-state index is 0.0218. The Morgan fingerprint density at radius 1 is 1.48 bits per heavy atom. The smallest absolute Gasteiger partial charge is 0.407 e. The van der Waals surface area contributed by atoms with Crippen LogP contribution in [0.2, 0.25) is 0 Å². The summed E-state index contributed by atoms with van der Waals surface area (Å²) in [4.78, 5) is 22.2. The van der Waals surface area contributed by atoms with E-state index >= 15 is 0 Å². The van der Waals surface area contributed by atoms with Crippen LogP contribution in [-0.2, 0) is 11.3 Å². The normalized spacial score (nSPS) is 12.1. The number of hydrogen-bond donors (Lipinski definition) is 2. The van der Waals surface area contributed by atoms with E-state index in [0.29, 0.717) is 6.33 Å². The van der Waals surface area contributed by atoms with Crippen molar-refractivity contribution in [3.63, 3.8) is 0 Å². The lowest BCUT2D eigenvalue weighted by molar-refractivity contribution is 0.0531. The number of amides is 1. The summed E-state index contributed by atoms with van der Waals surface area (Å²) in [5.74, 6) is -1.05. The standard InChI is InChI=1S/C14H19FN2O4/c1-14(2,3)21-13(20)16-7-10(6-15)8-17-5-4-11(9-17)12(18)19/h4-6,9H,7-8H2,1-3H3,(H,16,20)(H,18,19). The van der Waals surface area contributed by atoms with Crippen LogP contribution in [0.15, 0.2) is 30.4 Å². The number of nitrogens with zero attached hydrogens (tertiary/aromatic N) is 1. The average Bonchev–Trinajstić information content (AvgIpc) is 2.80. The summed E-state index contributed by atoms with van der Waals surface area (Å²) in [6, 6.07) is 1.42. The van der Waals surface area contributed by atoms with E-state index in [-0.39, 0.29) is 24.2 Å². The molecule has 6 nitrogen and oxygen atoms in total. The number of carbonyl (C=O) groups excluding carboxylic acids is 1. The summed E-state index contributed by atoms with van der Waals surface area (Å²) in [6.07, 6.45) is 2.66. The van der Waals surface area contributed by atoms with Crippen molar-refractivity contribution in [1.82, 2.24) is 9.88 Å². The Kier molecular flexibility index (Phi) is 5.52. The van der Waals surface area contributed by atoms with Crippen LogP contribution >= 0.6 is 0 Å². The van der Waals surface area contributed by atoms with E-state index in [2.05, 4.69) is 5.32 Å². The minimum Gasteiger partial charge on any atom is -0.478 e. The van der Waals surface area contributed by atoms with Crippen LogP contribution in [0.25, 0.3) is 0 Å².